The Bertz CT molecular complexity index is 1190. The van der Waals surface area contributed by atoms with Gasteiger partial charge in [0, 0.05) is 23.1 Å². The highest BCUT2D eigenvalue weighted by atomic mass is 16.6. The van der Waals surface area contributed by atoms with Gasteiger partial charge in [0.2, 0.25) is 0 Å². The summed E-state index contributed by atoms with van der Waals surface area (Å²) in [7, 11) is 0. The standard InChI is InChI=1S/C19H15N7O2/c1-13-9-10-16(26(27)28)11-15(13)12-20-21-19-22-23-24-25(19)18-8-4-6-14-5-2-3-7-17(14)18/h2-12H,1H3,(H,21,22,24). The summed E-state index contributed by atoms with van der Waals surface area (Å²) in [6.07, 6.45) is 1.50. The fourth-order valence-corrected chi connectivity index (χ4v) is 2.85. The number of non-ortho nitro benzene ring substituents is 1. The molecule has 0 aliphatic carbocycles. The monoisotopic (exact) mass is 373 g/mol. The number of aromatic nitrogens is 4. The highest BCUT2D eigenvalue weighted by molar-refractivity contribution is 5.90. The summed E-state index contributed by atoms with van der Waals surface area (Å²) >= 11 is 0. The number of fused-ring (bicyclic) bond motifs is 1. The lowest BCUT2D eigenvalue weighted by molar-refractivity contribution is -0.384. The summed E-state index contributed by atoms with van der Waals surface area (Å²) in [6.45, 7) is 1.85. The molecule has 9 heteroatoms. The van der Waals surface area contributed by atoms with Crippen LogP contribution in [0.15, 0.2) is 65.8 Å². The smallest absolute Gasteiger partial charge is 0.258 e. The first-order chi connectivity index (χ1) is 13.6. The minimum Gasteiger partial charge on any atom is -0.258 e. The molecular weight excluding hydrogens is 358 g/mol. The molecule has 4 rings (SSSR count). The number of hydrogen-bond acceptors (Lipinski definition) is 7. The zero-order chi connectivity index (χ0) is 19.5. The van der Waals surface area contributed by atoms with Crippen molar-refractivity contribution in [2.75, 3.05) is 5.43 Å². The number of hydrogen-bond donors (Lipinski definition) is 1. The average Bonchev–Trinajstić information content (AvgIpc) is 3.17. The first kappa shape index (κ1) is 17.3. The number of benzene rings is 3. The molecule has 4 aromatic rings. The molecule has 138 valence electrons. The highest BCUT2D eigenvalue weighted by Crippen LogP contribution is 2.23. The number of aryl methyl sites for hydroxylation is 1. The number of nitrogens with one attached hydrogen (secondary N) is 1. The van der Waals surface area contributed by atoms with E-state index >= 15 is 0 Å². The molecule has 0 amide bonds. The Labute approximate surface area is 159 Å². The zero-order valence-electron chi connectivity index (χ0n) is 14.9. The van der Waals surface area contributed by atoms with Crippen molar-refractivity contribution in [1.29, 1.82) is 0 Å². The van der Waals surface area contributed by atoms with E-state index in [2.05, 4.69) is 26.1 Å². The molecule has 0 saturated carbocycles. The lowest BCUT2D eigenvalue weighted by atomic mass is 10.1. The SMILES string of the molecule is Cc1ccc([N+](=O)[O-])cc1C=NNc1nnnn1-c1cccc2ccccc12. The van der Waals surface area contributed by atoms with E-state index in [1.165, 1.54) is 18.3 Å². The van der Waals surface area contributed by atoms with E-state index in [1.807, 2.05) is 49.4 Å². The van der Waals surface area contributed by atoms with Crippen molar-refractivity contribution in [1.82, 2.24) is 20.2 Å². The molecule has 1 heterocycles. The van der Waals surface area contributed by atoms with Gasteiger partial charge in [0.05, 0.1) is 16.8 Å². The molecule has 1 N–H and O–H groups in total. The van der Waals surface area contributed by atoms with Crippen molar-refractivity contribution in [2.24, 2.45) is 5.10 Å². The molecule has 0 fully saturated rings. The van der Waals surface area contributed by atoms with E-state index in [4.69, 9.17) is 0 Å². The van der Waals surface area contributed by atoms with Crippen LogP contribution in [0.2, 0.25) is 0 Å². The van der Waals surface area contributed by atoms with Gasteiger partial charge in [-0.3, -0.25) is 10.1 Å². The number of hydrazone groups is 1. The molecule has 0 spiro atoms. The Kier molecular flexibility index (Phi) is 4.47. The van der Waals surface area contributed by atoms with Gasteiger partial charge in [0.25, 0.3) is 11.6 Å². The number of anilines is 1. The quantitative estimate of drug-likeness (QED) is 0.326. The predicted octanol–water partition coefficient (Wildman–Crippen LogP) is 3.48. The Balaban J connectivity index is 1.63. The maximum absolute atomic E-state index is 10.9. The van der Waals surface area contributed by atoms with Crippen LogP contribution in [0.25, 0.3) is 16.5 Å². The second-order valence-corrected chi connectivity index (χ2v) is 6.08. The van der Waals surface area contributed by atoms with Crippen molar-refractivity contribution in [3.8, 4) is 5.69 Å². The number of nitrogens with zero attached hydrogens (tertiary/aromatic N) is 6. The molecular formula is C19H15N7O2. The zero-order valence-corrected chi connectivity index (χ0v) is 14.9. The molecule has 0 bridgehead atoms. The molecule has 0 unspecified atom stereocenters. The molecule has 0 radical (unpaired) electrons. The van der Waals surface area contributed by atoms with Crippen molar-refractivity contribution < 1.29 is 4.92 Å². The minimum absolute atomic E-state index is 0.00707. The molecule has 9 nitrogen and oxygen atoms in total. The molecule has 0 aliphatic rings. The van der Waals surface area contributed by atoms with Crippen LogP contribution < -0.4 is 5.43 Å². The van der Waals surface area contributed by atoms with Crippen LogP contribution in [0.4, 0.5) is 11.6 Å². The molecule has 0 atom stereocenters. The van der Waals surface area contributed by atoms with E-state index in [0.29, 0.717) is 11.5 Å². The first-order valence-corrected chi connectivity index (χ1v) is 8.44. The van der Waals surface area contributed by atoms with E-state index in [9.17, 15) is 10.1 Å². The van der Waals surface area contributed by atoms with Crippen LogP contribution in [0, 0.1) is 17.0 Å². The van der Waals surface area contributed by atoms with Gasteiger partial charge in [-0.05, 0) is 34.4 Å². The van der Waals surface area contributed by atoms with Crippen LogP contribution in [0.1, 0.15) is 11.1 Å². The van der Waals surface area contributed by atoms with Crippen molar-refractivity contribution >= 4 is 28.6 Å². The number of nitro groups is 1. The Morgan fingerprint density at radius 3 is 2.82 bits per heavy atom. The maximum Gasteiger partial charge on any atom is 0.270 e. The van der Waals surface area contributed by atoms with Gasteiger partial charge in [-0.15, -0.1) is 0 Å². The fourth-order valence-electron chi connectivity index (χ4n) is 2.85. The Morgan fingerprint density at radius 1 is 1.14 bits per heavy atom. The lowest BCUT2D eigenvalue weighted by Gasteiger charge is -2.07. The summed E-state index contributed by atoms with van der Waals surface area (Å²) in [5, 5.41) is 28.9. The minimum atomic E-state index is -0.439. The van der Waals surface area contributed by atoms with Gasteiger partial charge in [0.15, 0.2) is 0 Å². The normalized spacial score (nSPS) is 11.2. The third-order valence-corrected chi connectivity index (χ3v) is 4.31. The topological polar surface area (TPSA) is 111 Å². The molecule has 0 aliphatic heterocycles. The van der Waals surface area contributed by atoms with Gasteiger partial charge in [-0.2, -0.15) is 9.78 Å². The summed E-state index contributed by atoms with van der Waals surface area (Å²) in [4.78, 5) is 10.5. The third-order valence-electron chi connectivity index (χ3n) is 4.31. The summed E-state index contributed by atoms with van der Waals surface area (Å²) in [5.74, 6) is 0.329. The van der Waals surface area contributed by atoms with Crippen molar-refractivity contribution in [3.63, 3.8) is 0 Å². The van der Waals surface area contributed by atoms with Gasteiger partial charge in [-0.25, -0.2) is 5.43 Å². The fraction of sp³-hybridized carbons (Fsp3) is 0.0526. The molecule has 0 saturated heterocycles. The Hall–Kier alpha value is -4.14. The third kappa shape index (κ3) is 3.28. The van der Waals surface area contributed by atoms with Gasteiger partial charge in [-0.1, -0.05) is 47.6 Å². The first-order valence-electron chi connectivity index (χ1n) is 8.44. The van der Waals surface area contributed by atoms with Crippen LogP contribution >= 0.6 is 0 Å². The van der Waals surface area contributed by atoms with Crippen LogP contribution in [0.5, 0.6) is 0 Å². The summed E-state index contributed by atoms with van der Waals surface area (Å²) in [5.41, 5.74) is 5.12. The largest absolute Gasteiger partial charge is 0.270 e. The number of nitro benzene ring substituents is 1. The van der Waals surface area contributed by atoms with Crippen molar-refractivity contribution in [2.45, 2.75) is 6.92 Å². The lowest BCUT2D eigenvalue weighted by Crippen LogP contribution is -2.04. The average molecular weight is 373 g/mol. The van der Waals surface area contributed by atoms with Crippen molar-refractivity contribution in [3.05, 3.63) is 81.9 Å². The van der Waals surface area contributed by atoms with Gasteiger partial charge < -0.3 is 0 Å². The van der Waals surface area contributed by atoms with Gasteiger partial charge >= 0.3 is 0 Å². The van der Waals surface area contributed by atoms with E-state index in [1.54, 1.807) is 10.7 Å². The molecule has 1 aromatic heterocycles. The molecule has 28 heavy (non-hydrogen) atoms. The highest BCUT2D eigenvalue weighted by Gasteiger charge is 2.11. The number of tetrazole rings is 1. The van der Waals surface area contributed by atoms with E-state index in [0.717, 1.165) is 22.0 Å². The van der Waals surface area contributed by atoms with E-state index in [-0.39, 0.29) is 5.69 Å². The second kappa shape index (κ2) is 7.23. The summed E-state index contributed by atoms with van der Waals surface area (Å²) in [6, 6.07) is 18.4. The second-order valence-electron chi connectivity index (χ2n) is 6.08. The van der Waals surface area contributed by atoms with Crippen LogP contribution in [0.3, 0.4) is 0 Å². The molecule has 3 aromatic carbocycles. The predicted molar refractivity (Wildman–Crippen MR) is 106 cm³/mol. The summed E-state index contributed by atoms with van der Waals surface area (Å²) < 4.78 is 1.56. The van der Waals surface area contributed by atoms with E-state index < -0.39 is 4.92 Å². The maximum atomic E-state index is 10.9. The Morgan fingerprint density at radius 2 is 1.96 bits per heavy atom. The van der Waals surface area contributed by atoms with Gasteiger partial charge in [0.1, 0.15) is 0 Å². The van der Waals surface area contributed by atoms with Crippen LogP contribution in [-0.4, -0.2) is 31.3 Å². The number of rotatable bonds is 5. The van der Waals surface area contributed by atoms with Crippen LogP contribution in [-0.2, 0) is 0 Å².